The number of ether oxygens (including phenoxy) is 2. The van der Waals surface area contributed by atoms with Crippen LogP contribution < -0.4 is 30.2 Å². The van der Waals surface area contributed by atoms with Gasteiger partial charge in [-0.05, 0) is 72.8 Å². The lowest BCUT2D eigenvalue weighted by Crippen LogP contribution is -2.68. The molecule has 0 spiro atoms. The molecule has 4 rings (SSSR count). The Morgan fingerprint density at radius 3 is 2.11 bits per heavy atom. The zero-order valence-corrected chi connectivity index (χ0v) is 28.8. The lowest BCUT2D eigenvalue weighted by atomic mass is 9.99. The minimum absolute atomic E-state index is 0.201. The van der Waals surface area contributed by atoms with Gasteiger partial charge in [-0.25, -0.2) is 4.79 Å². The summed E-state index contributed by atoms with van der Waals surface area (Å²) in [6, 6.07) is 25.9. The van der Waals surface area contributed by atoms with Crippen molar-refractivity contribution in [2.45, 2.75) is 77.1 Å². The van der Waals surface area contributed by atoms with Crippen molar-refractivity contribution in [3.63, 3.8) is 0 Å². The van der Waals surface area contributed by atoms with Gasteiger partial charge >= 0.3 is 14.4 Å². The molecule has 0 aliphatic carbocycles. The summed E-state index contributed by atoms with van der Waals surface area (Å²) < 4.78 is 18.7. The Morgan fingerprint density at radius 2 is 1.57 bits per heavy atom. The van der Waals surface area contributed by atoms with E-state index in [0.29, 0.717) is 25.2 Å². The van der Waals surface area contributed by atoms with E-state index in [1.807, 2.05) is 36.6 Å². The second kappa shape index (κ2) is 14.1. The first kappa shape index (κ1) is 33.5. The Labute approximate surface area is 267 Å². The summed E-state index contributed by atoms with van der Waals surface area (Å²) in [6.07, 6.45) is 2.46. The van der Waals surface area contributed by atoms with Gasteiger partial charge in [-0.3, -0.25) is 4.79 Å². The number of alkyl carbamates (subject to hydrolysis) is 1. The summed E-state index contributed by atoms with van der Waals surface area (Å²) >= 11 is 1.62. The third kappa shape index (κ3) is 7.98. The molecule has 0 saturated heterocycles. The average Bonchev–Trinajstić information content (AvgIpc) is 2.97. The maximum atomic E-state index is 13.6. The predicted octanol–water partition coefficient (Wildman–Crippen LogP) is 6.21. The molecule has 236 valence electrons. The van der Waals surface area contributed by atoms with Gasteiger partial charge in [0.05, 0.1) is 12.6 Å². The van der Waals surface area contributed by atoms with Crippen LogP contribution in [0.5, 0.6) is 11.5 Å². The Kier molecular flexibility index (Phi) is 10.7. The van der Waals surface area contributed by atoms with Crippen LogP contribution in [0.25, 0.3) is 0 Å². The Hall–Kier alpha value is -3.43. The summed E-state index contributed by atoms with van der Waals surface area (Å²) in [5.74, 6) is 1.92. The highest BCUT2D eigenvalue weighted by atomic mass is 32.2. The molecule has 2 amide bonds. The highest BCUT2D eigenvalue weighted by molar-refractivity contribution is 7.98. The molecule has 0 unspecified atom stereocenters. The normalized spacial score (nSPS) is 15.8. The van der Waals surface area contributed by atoms with Crippen molar-refractivity contribution >= 4 is 42.5 Å². The minimum Gasteiger partial charge on any atom is -0.534 e. The monoisotopic (exact) mass is 634 g/mol. The Morgan fingerprint density at radius 1 is 0.955 bits per heavy atom. The van der Waals surface area contributed by atoms with E-state index >= 15 is 0 Å². The van der Waals surface area contributed by atoms with Gasteiger partial charge in [0.2, 0.25) is 5.91 Å². The highest BCUT2D eigenvalue weighted by Crippen LogP contribution is 2.40. The first-order valence-corrected chi connectivity index (χ1v) is 18.5. The fraction of sp³-hybridized carbons (Fsp3) is 0.429. The molecule has 44 heavy (non-hydrogen) atoms. The molecule has 2 N–H and O–H groups in total. The van der Waals surface area contributed by atoms with Crippen LogP contribution in [0.2, 0.25) is 5.04 Å². The molecule has 0 bridgehead atoms. The first-order valence-electron chi connectivity index (χ1n) is 15.2. The second-order valence-corrected chi connectivity index (χ2v) is 18.4. The lowest BCUT2D eigenvalue weighted by molar-refractivity contribution is -0.124. The molecular formula is C35H46N2O5SSi. The molecule has 0 saturated carbocycles. The number of carbonyl (C=O) groups excluding carboxylic acids is 2. The highest BCUT2D eigenvalue weighted by Gasteiger charge is 2.52. The van der Waals surface area contributed by atoms with Crippen molar-refractivity contribution in [1.82, 2.24) is 10.6 Å². The van der Waals surface area contributed by atoms with Crippen LogP contribution >= 0.6 is 11.8 Å². The van der Waals surface area contributed by atoms with E-state index in [9.17, 15) is 9.59 Å². The van der Waals surface area contributed by atoms with Gasteiger partial charge in [-0.2, -0.15) is 11.8 Å². The van der Waals surface area contributed by atoms with Crippen molar-refractivity contribution in [3.05, 3.63) is 84.4 Å². The van der Waals surface area contributed by atoms with Gasteiger partial charge in [0.15, 0.2) is 0 Å². The van der Waals surface area contributed by atoms with Crippen LogP contribution in [-0.2, 0) is 9.53 Å². The largest absolute Gasteiger partial charge is 0.534 e. The number of thioether (sulfide) groups is 1. The van der Waals surface area contributed by atoms with Gasteiger partial charge in [0.1, 0.15) is 23.1 Å². The number of nitrogens with one attached hydrogen (secondary N) is 2. The molecule has 2 atom stereocenters. The number of hydrogen-bond donors (Lipinski definition) is 2. The van der Waals surface area contributed by atoms with Crippen molar-refractivity contribution in [2.24, 2.45) is 0 Å². The molecule has 0 aromatic heterocycles. The van der Waals surface area contributed by atoms with Crippen LogP contribution in [0.3, 0.4) is 0 Å². The number of rotatable bonds is 10. The molecule has 1 aliphatic rings. The molecule has 7 nitrogen and oxygen atoms in total. The number of amides is 2. The third-order valence-corrected chi connectivity index (χ3v) is 13.2. The van der Waals surface area contributed by atoms with Crippen LogP contribution in [0.1, 0.15) is 66.0 Å². The molecular weight excluding hydrogens is 589 g/mol. The quantitative estimate of drug-likeness (QED) is 0.258. The molecule has 9 heteroatoms. The maximum Gasteiger partial charge on any atom is 0.408 e. The van der Waals surface area contributed by atoms with Crippen LogP contribution in [0, 0.1) is 0 Å². The zero-order valence-electron chi connectivity index (χ0n) is 26.9. The lowest BCUT2D eigenvalue weighted by Gasteiger charge is -2.43. The fourth-order valence-corrected chi connectivity index (χ4v) is 10.5. The van der Waals surface area contributed by atoms with Crippen molar-refractivity contribution < 1.29 is 23.5 Å². The van der Waals surface area contributed by atoms with Crippen molar-refractivity contribution in [2.75, 3.05) is 18.6 Å². The Bertz CT molecular complexity index is 1370. The smallest absolute Gasteiger partial charge is 0.408 e. The second-order valence-electron chi connectivity index (χ2n) is 13.1. The molecule has 1 heterocycles. The van der Waals surface area contributed by atoms with E-state index in [1.54, 1.807) is 32.5 Å². The van der Waals surface area contributed by atoms with Crippen molar-refractivity contribution in [1.29, 1.82) is 0 Å². The molecule has 3 aromatic rings. The van der Waals surface area contributed by atoms with Gasteiger partial charge < -0.3 is 24.5 Å². The SMILES string of the molecule is CSCC[C@H](NC(=O)OC(C)(C)C)C(=O)N[C@@H]1CCOc2ccc(O[Si](c3ccccc3)(c3ccccc3)C(C)(C)C)cc21. The van der Waals surface area contributed by atoms with E-state index < -0.39 is 26.1 Å². The summed E-state index contributed by atoms with van der Waals surface area (Å²) in [7, 11) is -2.85. The fourth-order valence-electron chi connectivity index (χ4n) is 5.64. The summed E-state index contributed by atoms with van der Waals surface area (Å²) in [4.78, 5) is 26.2. The number of fused-ring (bicyclic) bond motifs is 1. The van der Waals surface area contributed by atoms with Gasteiger partial charge in [0.25, 0.3) is 0 Å². The van der Waals surface area contributed by atoms with E-state index in [4.69, 9.17) is 13.9 Å². The first-order chi connectivity index (χ1) is 20.8. The number of hydrogen-bond acceptors (Lipinski definition) is 6. The summed E-state index contributed by atoms with van der Waals surface area (Å²) in [6.45, 7) is 12.6. The minimum atomic E-state index is -2.85. The van der Waals surface area contributed by atoms with Crippen molar-refractivity contribution in [3.8, 4) is 11.5 Å². The van der Waals surface area contributed by atoms with Gasteiger partial charge in [-0.1, -0.05) is 81.4 Å². The van der Waals surface area contributed by atoms with E-state index in [0.717, 1.165) is 17.1 Å². The molecule has 3 aromatic carbocycles. The van der Waals surface area contributed by atoms with Gasteiger partial charge in [-0.15, -0.1) is 0 Å². The molecule has 1 aliphatic heterocycles. The third-order valence-electron chi connectivity index (χ3n) is 7.64. The van der Waals surface area contributed by atoms with E-state index in [1.165, 1.54) is 10.4 Å². The standard InChI is InChI=1S/C35H46N2O5SSi/c1-34(2,3)41-33(39)37-30(21-23-43-7)32(38)36-29-20-22-40-31-19-18-25(24-28(29)31)42-44(35(4,5)6,26-14-10-8-11-15-26)27-16-12-9-13-17-27/h8-19,24,29-30H,20-23H2,1-7H3,(H,36,38)(H,37,39)/t29-,30+/m1/s1. The molecule has 0 radical (unpaired) electrons. The Balaban J connectivity index is 1.66. The van der Waals surface area contributed by atoms with Crippen LogP contribution in [0.15, 0.2) is 78.9 Å². The van der Waals surface area contributed by atoms with Gasteiger partial charge in [0, 0.05) is 12.0 Å². The molecule has 0 fully saturated rings. The van der Waals surface area contributed by atoms with E-state index in [2.05, 4.69) is 79.9 Å². The van der Waals surface area contributed by atoms with Crippen LogP contribution in [-0.4, -0.2) is 50.6 Å². The summed E-state index contributed by atoms with van der Waals surface area (Å²) in [5, 5.41) is 8.14. The van der Waals surface area contributed by atoms with Crippen LogP contribution in [0.4, 0.5) is 4.79 Å². The summed E-state index contributed by atoms with van der Waals surface area (Å²) in [5.41, 5.74) is 0.201. The predicted molar refractivity (Wildman–Crippen MR) is 182 cm³/mol. The number of carbonyl (C=O) groups is 2. The topological polar surface area (TPSA) is 85.9 Å². The number of benzene rings is 3. The average molecular weight is 635 g/mol. The van der Waals surface area contributed by atoms with E-state index in [-0.39, 0.29) is 17.0 Å². The maximum absolute atomic E-state index is 13.6. The zero-order chi connectivity index (χ0) is 32.0.